The topological polar surface area (TPSA) is 101 Å². The number of pyridine rings is 1. The standard InChI is InChI=1S/C24H23IN6O/c1-14-7-4-5-10-19(14)31-18(11-17-9-6-8-15(2)20(17)24(31)32)12-27-13-28-23(26)21-16(3)29-30-22(21)25/h4-11,13H,12H2,1-3H3,(H,29,30)(H2,26,27,28). The van der Waals surface area contributed by atoms with Crippen molar-refractivity contribution >= 4 is 45.5 Å². The van der Waals surface area contributed by atoms with Crippen LogP contribution in [0.5, 0.6) is 0 Å². The first-order valence-electron chi connectivity index (χ1n) is 10.1. The molecule has 4 aromatic rings. The highest BCUT2D eigenvalue weighted by Crippen LogP contribution is 2.21. The molecule has 2 aromatic heterocycles. The minimum absolute atomic E-state index is 0.0494. The second-order valence-electron chi connectivity index (χ2n) is 7.59. The Balaban J connectivity index is 1.78. The third kappa shape index (κ3) is 4.10. The van der Waals surface area contributed by atoms with Crippen LogP contribution in [0.3, 0.4) is 0 Å². The van der Waals surface area contributed by atoms with Gasteiger partial charge in [0.2, 0.25) is 0 Å². The SMILES string of the molecule is Cc1ccccc1-n1c(CN=CN=C(N)c2c(I)n[nH]c2C)cc2cccc(C)c2c1=O. The van der Waals surface area contributed by atoms with Gasteiger partial charge in [0.1, 0.15) is 15.9 Å². The zero-order valence-electron chi connectivity index (χ0n) is 18.1. The molecule has 2 heterocycles. The Hall–Kier alpha value is -3.27. The minimum atomic E-state index is -0.0494. The van der Waals surface area contributed by atoms with E-state index in [4.69, 9.17) is 5.73 Å². The first-order chi connectivity index (χ1) is 15.4. The summed E-state index contributed by atoms with van der Waals surface area (Å²) in [4.78, 5) is 22.3. The van der Waals surface area contributed by atoms with Crippen molar-refractivity contribution < 1.29 is 0 Å². The smallest absolute Gasteiger partial charge is 0.263 e. The van der Waals surface area contributed by atoms with E-state index in [-0.39, 0.29) is 12.1 Å². The predicted octanol–water partition coefficient (Wildman–Crippen LogP) is 4.18. The van der Waals surface area contributed by atoms with Gasteiger partial charge in [0, 0.05) is 11.4 Å². The van der Waals surface area contributed by atoms with Crippen LogP contribution in [0.2, 0.25) is 0 Å². The average Bonchev–Trinajstić information content (AvgIpc) is 3.10. The van der Waals surface area contributed by atoms with Crippen molar-refractivity contribution in [3.63, 3.8) is 0 Å². The van der Waals surface area contributed by atoms with Gasteiger partial charge in [-0.2, -0.15) is 5.10 Å². The number of halogens is 1. The number of nitrogens with zero attached hydrogens (tertiary/aromatic N) is 4. The largest absolute Gasteiger partial charge is 0.383 e. The Morgan fingerprint density at radius 3 is 2.62 bits per heavy atom. The third-order valence-corrected chi connectivity index (χ3v) is 6.16. The van der Waals surface area contributed by atoms with E-state index < -0.39 is 0 Å². The lowest BCUT2D eigenvalue weighted by Gasteiger charge is -2.16. The summed E-state index contributed by atoms with van der Waals surface area (Å²) in [7, 11) is 0. The molecule has 0 amide bonds. The molecule has 0 fully saturated rings. The number of fused-ring (bicyclic) bond motifs is 1. The zero-order chi connectivity index (χ0) is 22.8. The molecule has 162 valence electrons. The van der Waals surface area contributed by atoms with Crippen LogP contribution in [0.15, 0.2) is 63.3 Å². The molecule has 0 aliphatic carbocycles. The molecule has 0 bridgehead atoms. The summed E-state index contributed by atoms with van der Waals surface area (Å²) in [5, 5.41) is 8.64. The number of hydrogen-bond acceptors (Lipinski definition) is 3. The van der Waals surface area contributed by atoms with Crippen molar-refractivity contribution in [2.45, 2.75) is 27.3 Å². The van der Waals surface area contributed by atoms with Crippen LogP contribution >= 0.6 is 22.6 Å². The highest BCUT2D eigenvalue weighted by atomic mass is 127. The summed E-state index contributed by atoms with van der Waals surface area (Å²) in [6, 6.07) is 15.7. The molecule has 0 atom stereocenters. The number of aromatic nitrogens is 3. The fourth-order valence-corrected chi connectivity index (χ4v) is 4.58. The number of hydrogen-bond donors (Lipinski definition) is 2. The number of nitrogens with two attached hydrogens (primary N) is 1. The second-order valence-corrected chi connectivity index (χ2v) is 8.61. The lowest BCUT2D eigenvalue weighted by Crippen LogP contribution is -2.23. The van der Waals surface area contributed by atoms with Gasteiger partial charge in [0.05, 0.1) is 23.2 Å². The molecular formula is C24H23IN6O. The number of rotatable bonds is 5. The van der Waals surface area contributed by atoms with Crippen molar-refractivity contribution in [2.75, 3.05) is 0 Å². The number of aryl methyl sites for hydroxylation is 3. The molecule has 0 unspecified atom stereocenters. The van der Waals surface area contributed by atoms with E-state index in [1.165, 1.54) is 6.34 Å². The fourth-order valence-electron chi connectivity index (χ4n) is 3.78. The highest BCUT2D eigenvalue weighted by molar-refractivity contribution is 14.1. The van der Waals surface area contributed by atoms with Crippen molar-refractivity contribution in [1.29, 1.82) is 0 Å². The monoisotopic (exact) mass is 538 g/mol. The van der Waals surface area contributed by atoms with Gasteiger partial charge in [-0.3, -0.25) is 19.5 Å². The van der Waals surface area contributed by atoms with Gasteiger partial charge in [-0.1, -0.05) is 36.4 Å². The number of H-pyrrole nitrogens is 1. The maximum absolute atomic E-state index is 13.5. The van der Waals surface area contributed by atoms with Gasteiger partial charge < -0.3 is 5.73 Å². The number of aromatic amines is 1. The van der Waals surface area contributed by atoms with E-state index in [1.54, 1.807) is 4.57 Å². The molecule has 32 heavy (non-hydrogen) atoms. The molecule has 3 N–H and O–H groups in total. The number of amidine groups is 1. The molecule has 0 saturated heterocycles. The molecule has 0 saturated carbocycles. The van der Waals surface area contributed by atoms with Crippen molar-refractivity contribution in [1.82, 2.24) is 14.8 Å². The zero-order valence-corrected chi connectivity index (χ0v) is 20.2. The van der Waals surface area contributed by atoms with Crippen LogP contribution in [-0.4, -0.2) is 26.9 Å². The van der Waals surface area contributed by atoms with Crippen LogP contribution < -0.4 is 11.3 Å². The van der Waals surface area contributed by atoms with Gasteiger partial charge in [0.25, 0.3) is 5.56 Å². The van der Waals surface area contributed by atoms with E-state index >= 15 is 0 Å². The van der Waals surface area contributed by atoms with Crippen LogP contribution in [0.25, 0.3) is 16.5 Å². The van der Waals surface area contributed by atoms with E-state index in [1.807, 2.05) is 69.3 Å². The van der Waals surface area contributed by atoms with Crippen LogP contribution in [-0.2, 0) is 6.54 Å². The third-order valence-electron chi connectivity index (χ3n) is 5.38. The molecule has 0 radical (unpaired) electrons. The summed E-state index contributed by atoms with van der Waals surface area (Å²) in [6.07, 6.45) is 1.44. The summed E-state index contributed by atoms with van der Waals surface area (Å²) < 4.78 is 2.51. The molecule has 0 spiro atoms. The Labute approximate surface area is 199 Å². The summed E-state index contributed by atoms with van der Waals surface area (Å²) in [5.74, 6) is 0.342. The van der Waals surface area contributed by atoms with E-state index in [0.29, 0.717) is 5.84 Å². The lowest BCUT2D eigenvalue weighted by atomic mass is 10.1. The summed E-state index contributed by atoms with van der Waals surface area (Å²) in [6.45, 7) is 6.13. The first-order valence-corrected chi connectivity index (χ1v) is 11.2. The Morgan fingerprint density at radius 1 is 1.16 bits per heavy atom. The normalized spacial score (nSPS) is 12.2. The Morgan fingerprint density at radius 2 is 1.91 bits per heavy atom. The second kappa shape index (κ2) is 9.07. The summed E-state index contributed by atoms with van der Waals surface area (Å²) in [5.41, 5.74) is 11.3. The molecule has 0 aliphatic heterocycles. The van der Waals surface area contributed by atoms with E-state index in [0.717, 1.165) is 48.2 Å². The van der Waals surface area contributed by atoms with Crippen LogP contribution in [0.1, 0.15) is 28.1 Å². The van der Waals surface area contributed by atoms with Crippen molar-refractivity contribution in [3.05, 3.63) is 90.7 Å². The molecule has 2 aromatic carbocycles. The van der Waals surface area contributed by atoms with Gasteiger partial charge in [-0.15, -0.1) is 0 Å². The quantitative estimate of drug-likeness (QED) is 0.227. The fraction of sp³-hybridized carbons (Fsp3) is 0.167. The molecule has 7 nitrogen and oxygen atoms in total. The van der Waals surface area contributed by atoms with Gasteiger partial charge in [0.15, 0.2) is 0 Å². The number of para-hydroxylation sites is 1. The average molecular weight is 538 g/mol. The maximum Gasteiger partial charge on any atom is 0.263 e. The van der Waals surface area contributed by atoms with Gasteiger partial charge >= 0.3 is 0 Å². The molecular weight excluding hydrogens is 515 g/mol. The lowest BCUT2D eigenvalue weighted by molar-refractivity contribution is 0.865. The Kier molecular flexibility index (Phi) is 6.22. The van der Waals surface area contributed by atoms with E-state index in [9.17, 15) is 4.79 Å². The van der Waals surface area contributed by atoms with Crippen molar-refractivity contribution in [2.24, 2.45) is 15.7 Å². The molecule has 4 rings (SSSR count). The number of nitrogens with one attached hydrogen (secondary N) is 1. The van der Waals surface area contributed by atoms with Crippen LogP contribution in [0, 0.1) is 24.5 Å². The van der Waals surface area contributed by atoms with Crippen LogP contribution in [0.4, 0.5) is 0 Å². The van der Waals surface area contributed by atoms with Gasteiger partial charge in [-0.25, -0.2) is 4.99 Å². The first kappa shape index (κ1) is 21.9. The number of aliphatic imine (C=N–C) groups is 2. The summed E-state index contributed by atoms with van der Waals surface area (Å²) >= 11 is 2.11. The Bertz CT molecular complexity index is 1410. The maximum atomic E-state index is 13.5. The highest BCUT2D eigenvalue weighted by Gasteiger charge is 2.14. The minimum Gasteiger partial charge on any atom is -0.383 e. The predicted molar refractivity (Wildman–Crippen MR) is 138 cm³/mol. The molecule has 0 aliphatic rings. The van der Waals surface area contributed by atoms with Gasteiger partial charge in [-0.05, 0) is 72.0 Å². The van der Waals surface area contributed by atoms with E-state index in [2.05, 4.69) is 42.8 Å². The van der Waals surface area contributed by atoms with Crippen molar-refractivity contribution in [3.8, 4) is 5.69 Å². The molecule has 8 heteroatoms. The number of benzene rings is 2.